The summed E-state index contributed by atoms with van der Waals surface area (Å²) in [7, 11) is 1.64. The Morgan fingerprint density at radius 2 is 1.93 bits per heavy atom. The lowest BCUT2D eigenvalue weighted by Gasteiger charge is -2.21. The minimum Gasteiger partial charge on any atom is -0.497 e. The molecule has 1 saturated heterocycles. The number of methoxy groups -OCH3 is 1. The predicted octanol–water partition coefficient (Wildman–Crippen LogP) is 3.19. The third-order valence-corrected chi connectivity index (χ3v) is 4.76. The van der Waals surface area contributed by atoms with Crippen LogP contribution >= 0.6 is 0 Å². The monoisotopic (exact) mass is 369 g/mol. The van der Waals surface area contributed by atoms with Gasteiger partial charge in [0.15, 0.2) is 0 Å². The van der Waals surface area contributed by atoms with Crippen LogP contribution in [0.5, 0.6) is 5.75 Å². The van der Waals surface area contributed by atoms with Crippen LogP contribution in [-0.4, -0.2) is 39.9 Å². The number of aliphatic hydroxyl groups is 1. The molecular formula is C20H20FN3O3. The number of hydrogen-bond acceptors (Lipinski definition) is 6. The van der Waals surface area contributed by atoms with Crippen molar-refractivity contribution in [3.05, 3.63) is 65.8 Å². The molecule has 4 rings (SSSR count). The first-order valence-electron chi connectivity index (χ1n) is 8.77. The summed E-state index contributed by atoms with van der Waals surface area (Å²) in [6.45, 7) is 1.19. The second kappa shape index (κ2) is 7.46. The lowest BCUT2D eigenvalue weighted by atomic mass is 10.1. The van der Waals surface area contributed by atoms with Crippen molar-refractivity contribution >= 4 is 0 Å². The van der Waals surface area contributed by atoms with Gasteiger partial charge in [-0.3, -0.25) is 4.90 Å². The van der Waals surface area contributed by atoms with Gasteiger partial charge >= 0.3 is 0 Å². The molecule has 7 heteroatoms. The summed E-state index contributed by atoms with van der Waals surface area (Å²) < 4.78 is 23.7. The Kier molecular flexibility index (Phi) is 4.87. The number of likely N-dealkylation sites (tertiary alicyclic amines) is 1. The van der Waals surface area contributed by atoms with Gasteiger partial charge in [-0.2, -0.15) is 4.98 Å². The second-order valence-electron chi connectivity index (χ2n) is 6.65. The number of rotatable bonds is 5. The number of ether oxygens (including phenoxy) is 1. The van der Waals surface area contributed by atoms with Crippen molar-refractivity contribution in [1.29, 1.82) is 0 Å². The van der Waals surface area contributed by atoms with Gasteiger partial charge in [0.2, 0.25) is 11.7 Å². The molecule has 1 N–H and O–H groups in total. The van der Waals surface area contributed by atoms with Crippen LogP contribution in [-0.2, 0) is 6.54 Å². The molecule has 2 atom stereocenters. The van der Waals surface area contributed by atoms with E-state index >= 15 is 0 Å². The Balaban J connectivity index is 1.53. The van der Waals surface area contributed by atoms with Crippen molar-refractivity contribution in [1.82, 2.24) is 15.0 Å². The maximum Gasteiger partial charge on any atom is 0.244 e. The van der Waals surface area contributed by atoms with Gasteiger partial charge in [0.25, 0.3) is 0 Å². The van der Waals surface area contributed by atoms with E-state index in [-0.39, 0.29) is 11.9 Å². The van der Waals surface area contributed by atoms with Gasteiger partial charge in [0.05, 0.1) is 19.3 Å². The molecule has 2 unspecified atom stereocenters. The molecule has 0 spiro atoms. The number of hydrogen-bond donors (Lipinski definition) is 1. The maximum atomic E-state index is 13.1. The molecule has 1 aromatic heterocycles. The van der Waals surface area contributed by atoms with Gasteiger partial charge in [-0.1, -0.05) is 17.3 Å². The zero-order valence-corrected chi connectivity index (χ0v) is 14.9. The molecule has 3 aromatic rings. The summed E-state index contributed by atoms with van der Waals surface area (Å²) in [6, 6.07) is 13.6. The summed E-state index contributed by atoms with van der Waals surface area (Å²) in [4.78, 5) is 6.59. The van der Waals surface area contributed by atoms with Gasteiger partial charge in [0.1, 0.15) is 11.6 Å². The highest BCUT2D eigenvalue weighted by Gasteiger charge is 2.35. The first-order valence-corrected chi connectivity index (χ1v) is 8.77. The third kappa shape index (κ3) is 3.84. The Morgan fingerprint density at radius 1 is 1.19 bits per heavy atom. The van der Waals surface area contributed by atoms with Crippen LogP contribution in [0.1, 0.15) is 23.9 Å². The van der Waals surface area contributed by atoms with Gasteiger partial charge in [0, 0.05) is 18.7 Å². The average molecular weight is 369 g/mol. The van der Waals surface area contributed by atoms with E-state index in [1.165, 1.54) is 12.1 Å². The first kappa shape index (κ1) is 17.6. The van der Waals surface area contributed by atoms with E-state index in [1.807, 2.05) is 24.3 Å². The SMILES string of the molecule is COc1ccc(CN2CC(O)CC2c2nc(-c3ccc(F)cc3)no2)cc1. The minimum atomic E-state index is -0.450. The van der Waals surface area contributed by atoms with E-state index in [9.17, 15) is 9.50 Å². The first-order chi connectivity index (χ1) is 13.1. The predicted molar refractivity (Wildman–Crippen MR) is 96.5 cm³/mol. The van der Waals surface area contributed by atoms with E-state index in [0.29, 0.717) is 36.8 Å². The van der Waals surface area contributed by atoms with E-state index in [4.69, 9.17) is 9.26 Å². The molecule has 1 aliphatic rings. The van der Waals surface area contributed by atoms with E-state index in [1.54, 1.807) is 19.2 Å². The van der Waals surface area contributed by atoms with Crippen LogP contribution in [0, 0.1) is 5.82 Å². The smallest absolute Gasteiger partial charge is 0.244 e. The Bertz CT molecular complexity index is 896. The number of aliphatic hydroxyl groups excluding tert-OH is 1. The van der Waals surface area contributed by atoms with Crippen molar-refractivity contribution in [2.45, 2.75) is 25.1 Å². The summed E-state index contributed by atoms with van der Waals surface area (Å²) in [5, 5.41) is 14.2. The number of benzene rings is 2. The van der Waals surface area contributed by atoms with Gasteiger partial charge in [-0.15, -0.1) is 0 Å². The van der Waals surface area contributed by atoms with Crippen molar-refractivity contribution in [2.75, 3.05) is 13.7 Å². The number of β-amino-alcohol motifs (C(OH)–C–C–N with tert-alkyl or cyclic N) is 1. The minimum absolute atomic E-state index is 0.163. The highest BCUT2D eigenvalue weighted by Crippen LogP contribution is 2.33. The molecule has 27 heavy (non-hydrogen) atoms. The normalized spacial score (nSPS) is 20.1. The lowest BCUT2D eigenvalue weighted by Crippen LogP contribution is -2.24. The number of aromatic nitrogens is 2. The number of halogens is 1. The molecule has 140 valence electrons. The molecule has 0 radical (unpaired) electrons. The largest absolute Gasteiger partial charge is 0.497 e. The quantitative estimate of drug-likeness (QED) is 0.745. The van der Waals surface area contributed by atoms with Crippen LogP contribution in [0.4, 0.5) is 4.39 Å². The van der Waals surface area contributed by atoms with E-state index in [2.05, 4.69) is 15.0 Å². The molecule has 0 saturated carbocycles. The second-order valence-corrected chi connectivity index (χ2v) is 6.65. The molecule has 0 aliphatic carbocycles. The fraction of sp³-hybridized carbons (Fsp3) is 0.300. The zero-order valence-electron chi connectivity index (χ0n) is 14.9. The van der Waals surface area contributed by atoms with Crippen molar-refractivity contribution in [3.63, 3.8) is 0 Å². The van der Waals surface area contributed by atoms with Gasteiger partial charge < -0.3 is 14.4 Å². The molecule has 2 aromatic carbocycles. The van der Waals surface area contributed by atoms with E-state index < -0.39 is 6.10 Å². The Hall–Kier alpha value is -2.77. The standard InChI is InChI=1S/C20H20FN3O3/c1-26-17-8-2-13(3-9-17)11-24-12-16(25)10-18(24)20-22-19(23-27-20)14-4-6-15(21)7-5-14/h2-9,16,18,25H,10-12H2,1H3. The molecule has 2 heterocycles. The molecule has 6 nitrogen and oxygen atoms in total. The molecule has 1 aliphatic heterocycles. The molecule has 1 fully saturated rings. The fourth-order valence-electron chi connectivity index (χ4n) is 3.36. The van der Waals surface area contributed by atoms with Crippen LogP contribution in [0.2, 0.25) is 0 Å². The highest BCUT2D eigenvalue weighted by atomic mass is 19.1. The van der Waals surface area contributed by atoms with Crippen molar-refractivity contribution in [2.24, 2.45) is 0 Å². The summed E-state index contributed by atoms with van der Waals surface area (Å²) in [6.07, 6.45) is 0.0794. The van der Waals surface area contributed by atoms with E-state index in [0.717, 1.165) is 11.3 Å². The third-order valence-electron chi connectivity index (χ3n) is 4.76. The zero-order chi connectivity index (χ0) is 18.8. The van der Waals surface area contributed by atoms with Crippen LogP contribution in [0.3, 0.4) is 0 Å². The topological polar surface area (TPSA) is 71.6 Å². The van der Waals surface area contributed by atoms with Crippen molar-refractivity contribution < 1.29 is 18.8 Å². The van der Waals surface area contributed by atoms with Crippen LogP contribution in [0.25, 0.3) is 11.4 Å². The fourth-order valence-corrected chi connectivity index (χ4v) is 3.36. The van der Waals surface area contributed by atoms with Gasteiger partial charge in [-0.25, -0.2) is 4.39 Å². The van der Waals surface area contributed by atoms with Gasteiger partial charge in [-0.05, 0) is 48.4 Å². The summed E-state index contributed by atoms with van der Waals surface area (Å²) >= 11 is 0. The summed E-state index contributed by atoms with van der Waals surface area (Å²) in [5.74, 6) is 1.36. The van der Waals surface area contributed by atoms with Crippen LogP contribution in [0.15, 0.2) is 53.1 Å². The summed E-state index contributed by atoms with van der Waals surface area (Å²) in [5.41, 5.74) is 1.79. The van der Waals surface area contributed by atoms with Crippen molar-refractivity contribution in [3.8, 4) is 17.1 Å². The molecule has 0 bridgehead atoms. The lowest BCUT2D eigenvalue weighted by molar-refractivity contribution is 0.169. The Morgan fingerprint density at radius 3 is 2.63 bits per heavy atom. The average Bonchev–Trinajstić information content (AvgIpc) is 3.30. The Labute approximate surface area is 156 Å². The molecular weight excluding hydrogens is 349 g/mol. The maximum absolute atomic E-state index is 13.1. The highest BCUT2D eigenvalue weighted by molar-refractivity contribution is 5.53. The number of nitrogens with zero attached hydrogens (tertiary/aromatic N) is 3. The van der Waals surface area contributed by atoms with Crippen LogP contribution < -0.4 is 4.74 Å². The molecule has 0 amide bonds.